The Hall–Kier alpha value is -4.67. The molecule has 0 saturated carbocycles. The van der Waals surface area contributed by atoms with E-state index in [2.05, 4.69) is 68.4 Å². The average Bonchev–Trinajstić information content (AvgIpc) is 3.49. The summed E-state index contributed by atoms with van der Waals surface area (Å²) < 4.78 is 2.58. The second-order valence-electron chi connectivity index (χ2n) is 10.9. The Labute approximate surface area is 236 Å². The Kier molecular flexibility index (Phi) is 5.04. The predicted molar refractivity (Wildman–Crippen MR) is 167 cm³/mol. The third-order valence-electron chi connectivity index (χ3n) is 8.14. The second-order valence-corrected chi connectivity index (χ2v) is 12.0. The highest BCUT2D eigenvalue weighted by Gasteiger charge is 2.36. The number of thiophene rings is 1. The van der Waals surface area contributed by atoms with Crippen molar-refractivity contribution in [1.29, 1.82) is 0 Å². The molecule has 4 heteroatoms. The number of nitrogens with zero attached hydrogens (tertiary/aromatic N) is 3. The molecule has 190 valence electrons. The molecule has 0 saturated heterocycles. The predicted octanol–water partition coefficient (Wildman–Crippen LogP) is 9.55. The Balaban J connectivity index is 1.38. The van der Waals surface area contributed by atoms with Gasteiger partial charge in [0.1, 0.15) is 0 Å². The van der Waals surface area contributed by atoms with Gasteiger partial charge in [-0.3, -0.25) is 0 Å². The van der Waals surface area contributed by atoms with Gasteiger partial charge in [0.15, 0.2) is 17.5 Å². The maximum Gasteiger partial charge on any atom is 0.164 e. The molecule has 0 unspecified atom stereocenters. The van der Waals surface area contributed by atoms with E-state index in [0.29, 0.717) is 17.5 Å². The van der Waals surface area contributed by atoms with Gasteiger partial charge in [-0.2, -0.15) is 0 Å². The highest BCUT2D eigenvalue weighted by Crippen LogP contribution is 2.53. The van der Waals surface area contributed by atoms with Crippen molar-refractivity contribution in [2.45, 2.75) is 19.3 Å². The quantitative estimate of drug-likeness (QED) is 0.228. The van der Waals surface area contributed by atoms with Gasteiger partial charge in [-0.1, -0.05) is 105 Å². The maximum atomic E-state index is 4.98. The van der Waals surface area contributed by atoms with Crippen molar-refractivity contribution in [3.63, 3.8) is 0 Å². The zero-order valence-corrected chi connectivity index (χ0v) is 23.0. The van der Waals surface area contributed by atoms with Crippen molar-refractivity contribution in [1.82, 2.24) is 15.0 Å². The number of hydrogen-bond donors (Lipinski definition) is 0. The first-order chi connectivity index (χ1) is 19.6. The van der Waals surface area contributed by atoms with Gasteiger partial charge in [-0.05, 0) is 46.5 Å². The first-order valence-corrected chi connectivity index (χ1v) is 14.4. The molecule has 0 atom stereocenters. The van der Waals surface area contributed by atoms with Crippen LogP contribution in [-0.2, 0) is 5.41 Å². The van der Waals surface area contributed by atoms with Crippen LogP contribution in [-0.4, -0.2) is 15.0 Å². The van der Waals surface area contributed by atoms with Crippen LogP contribution >= 0.6 is 11.3 Å². The third-order valence-corrected chi connectivity index (χ3v) is 9.27. The van der Waals surface area contributed by atoms with Crippen molar-refractivity contribution in [3.05, 3.63) is 126 Å². The number of hydrogen-bond acceptors (Lipinski definition) is 4. The van der Waals surface area contributed by atoms with Gasteiger partial charge in [0.25, 0.3) is 0 Å². The first kappa shape index (κ1) is 23.2. The Morgan fingerprint density at radius 1 is 0.525 bits per heavy atom. The van der Waals surface area contributed by atoms with Crippen LogP contribution in [0.4, 0.5) is 0 Å². The summed E-state index contributed by atoms with van der Waals surface area (Å²) in [5.74, 6) is 2.04. The van der Waals surface area contributed by atoms with E-state index in [1.807, 2.05) is 72.0 Å². The lowest BCUT2D eigenvalue weighted by molar-refractivity contribution is 0.661. The van der Waals surface area contributed by atoms with Gasteiger partial charge in [0, 0.05) is 42.3 Å². The fourth-order valence-electron chi connectivity index (χ4n) is 6.14. The van der Waals surface area contributed by atoms with Crippen LogP contribution in [0.2, 0.25) is 0 Å². The summed E-state index contributed by atoms with van der Waals surface area (Å²) in [5, 5.41) is 2.59. The minimum Gasteiger partial charge on any atom is -0.208 e. The van der Waals surface area contributed by atoms with Crippen LogP contribution < -0.4 is 0 Å². The standard InChI is InChI=1S/C36H25N3S/c1-36(2)27-16-10-9-15-25(27)31-28(36)18-20-30-32(31)26-21-24(17-19-29(26)40-30)35-38-33(22-11-5-3-6-12-22)37-34(39-35)23-13-7-4-8-14-23/h3-21H,1-2H3. The highest BCUT2D eigenvalue weighted by molar-refractivity contribution is 7.26. The van der Waals surface area contributed by atoms with Gasteiger partial charge >= 0.3 is 0 Å². The average molecular weight is 532 g/mol. The molecular formula is C36H25N3S. The van der Waals surface area contributed by atoms with Gasteiger partial charge in [0.05, 0.1) is 0 Å². The van der Waals surface area contributed by atoms with E-state index < -0.39 is 0 Å². The summed E-state index contributed by atoms with van der Waals surface area (Å²) in [4.78, 5) is 14.8. The van der Waals surface area contributed by atoms with Gasteiger partial charge < -0.3 is 0 Å². The lowest BCUT2D eigenvalue weighted by atomic mass is 9.82. The summed E-state index contributed by atoms with van der Waals surface area (Å²) in [6.45, 7) is 4.68. The summed E-state index contributed by atoms with van der Waals surface area (Å²) in [6.07, 6.45) is 0. The normalized spacial score (nSPS) is 13.4. The largest absolute Gasteiger partial charge is 0.208 e. The topological polar surface area (TPSA) is 38.7 Å². The molecule has 0 aliphatic heterocycles. The summed E-state index contributed by atoms with van der Waals surface area (Å²) in [6, 6.07) is 40.4. The van der Waals surface area contributed by atoms with Crippen LogP contribution in [0.1, 0.15) is 25.0 Å². The van der Waals surface area contributed by atoms with Crippen molar-refractivity contribution in [2.75, 3.05) is 0 Å². The Bertz CT molecular complexity index is 2020. The molecule has 0 amide bonds. The molecule has 0 bridgehead atoms. The molecule has 2 aromatic heterocycles. The minimum atomic E-state index is -0.0324. The van der Waals surface area contributed by atoms with Crippen molar-refractivity contribution in [3.8, 4) is 45.3 Å². The van der Waals surface area contributed by atoms with E-state index in [1.165, 1.54) is 42.4 Å². The van der Waals surface area contributed by atoms with Crippen LogP contribution in [0.15, 0.2) is 115 Å². The van der Waals surface area contributed by atoms with Crippen LogP contribution in [0.3, 0.4) is 0 Å². The molecule has 0 N–H and O–H groups in total. The molecule has 5 aromatic carbocycles. The molecule has 8 rings (SSSR count). The molecular weight excluding hydrogens is 506 g/mol. The van der Waals surface area contributed by atoms with E-state index >= 15 is 0 Å². The van der Waals surface area contributed by atoms with Gasteiger partial charge in [0.2, 0.25) is 0 Å². The SMILES string of the molecule is CC1(C)c2ccccc2-c2c1ccc1sc3ccc(-c4nc(-c5ccccc5)nc(-c5ccccc5)n4)cc3c21. The smallest absolute Gasteiger partial charge is 0.164 e. The highest BCUT2D eigenvalue weighted by atomic mass is 32.1. The third kappa shape index (κ3) is 3.46. The summed E-state index contributed by atoms with van der Waals surface area (Å²) in [7, 11) is 0. The molecule has 7 aromatic rings. The lowest BCUT2D eigenvalue weighted by Gasteiger charge is -2.21. The van der Waals surface area contributed by atoms with Crippen LogP contribution in [0.25, 0.3) is 65.5 Å². The molecule has 1 aliphatic carbocycles. The summed E-state index contributed by atoms with van der Waals surface area (Å²) >= 11 is 1.85. The van der Waals surface area contributed by atoms with Gasteiger partial charge in [-0.15, -0.1) is 11.3 Å². The Morgan fingerprint density at radius 3 is 1.77 bits per heavy atom. The molecule has 3 nitrogen and oxygen atoms in total. The number of aromatic nitrogens is 3. The number of fused-ring (bicyclic) bond motifs is 7. The number of benzene rings is 5. The molecule has 0 fully saturated rings. The molecule has 40 heavy (non-hydrogen) atoms. The monoisotopic (exact) mass is 531 g/mol. The van der Waals surface area contributed by atoms with E-state index in [0.717, 1.165) is 16.7 Å². The maximum absolute atomic E-state index is 4.98. The lowest BCUT2D eigenvalue weighted by Crippen LogP contribution is -2.14. The van der Waals surface area contributed by atoms with E-state index in [1.54, 1.807) is 0 Å². The van der Waals surface area contributed by atoms with E-state index in [9.17, 15) is 0 Å². The molecule has 1 aliphatic rings. The minimum absolute atomic E-state index is 0.0324. The molecule has 0 radical (unpaired) electrons. The van der Waals surface area contributed by atoms with Crippen molar-refractivity contribution < 1.29 is 0 Å². The van der Waals surface area contributed by atoms with Crippen LogP contribution in [0.5, 0.6) is 0 Å². The summed E-state index contributed by atoms with van der Waals surface area (Å²) in [5.41, 5.74) is 8.41. The Morgan fingerprint density at radius 2 is 1.10 bits per heavy atom. The molecule has 2 heterocycles. The number of rotatable bonds is 3. The second kappa shape index (κ2) is 8.67. The van der Waals surface area contributed by atoms with E-state index in [4.69, 9.17) is 15.0 Å². The fourth-order valence-corrected chi connectivity index (χ4v) is 7.23. The van der Waals surface area contributed by atoms with Crippen molar-refractivity contribution in [2.24, 2.45) is 0 Å². The van der Waals surface area contributed by atoms with E-state index in [-0.39, 0.29) is 5.41 Å². The van der Waals surface area contributed by atoms with Crippen molar-refractivity contribution >= 4 is 31.5 Å². The first-order valence-electron chi connectivity index (χ1n) is 13.5. The fraction of sp³-hybridized carbons (Fsp3) is 0.0833. The molecule has 0 spiro atoms. The van der Waals surface area contributed by atoms with Gasteiger partial charge in [-0.25, -0.2) is 15.0 Å². The zero-order chi connectivity index (χ0) is 26.8. The van der Waals surface area contributed by atoms with Crippen LogP contribution in [0, 0.1) is 0 Å². The zero-order valence-electron chi connectivity index (χ0n) is 22.2.